The highest BCUT2D eigenvalue weighted by Crippen LogP contribution is 2.26. The average Bonchev–Trinajstić information content (AvgIpc) is 2.76. The molecule has 4 unspecified atom stereocenters. The van der Waals surface area contributed by atoms with Crippen LogP contribution >= 0.6 is 0 Å². The van der Waals surface area contributed by atoms with E-state index < -0.39 is 0 Å². The molecule has 2 rings (SSSR count). The van der Waals surface area contributed by atoms with Gasteiger partial charge in [0.1, 0.15) is 0 Å². The van der Waals surface area contributed by atoms with Crippen molar-refractivity contribution in [2.45, 2.75) is 64.5 Å². The Morgan fingerprint density at radius 2 is 2.18 bits per heavy atom. The number of carbonyl (C=O) groups is 1. The van der Waals surface area contributed by atoms with Gasteiger partial charge in [-0.3, -0.25) is 4.79 Å². The Bertz CT molecular complexity index is 267. The van der Waals surface area contributed by atoms with E-state index in [9.17, 15) is 4.79 Å². The van der Waals surface area contributed by atoms with Gasteiger partial charge in [-0.25, -0.2) is 0 Å². The minimum Gasteiger partial charge on any atom is -0.352 e. The van der Waals surface area contributed by atoms with E-state index in [0.29, 0.717) is 12.0 Å². The summed E-state index contributed by atoms with van der Waals surface area (Å²) in [4.78, 5) is 12.1. The molecule has 2 N–H and O–H groups in total. The van der Waals surface area contributed by atoms with Gasteiger partial charge in [0.25, 0.3) is 0 Å². The molecule has 2 fully saturated rings. The van der Waals surface area contributed by atoms with Crippen LogP contribution in [-0.4, -0.2) is 24.5 Å². The predicted octanol–water partition coefficient (Wildman–Crippen LogP) is 2.07. The van der Waals surface area contributed by atoms with Crippen LogP contribution in [0.5, 0.6) is 0 Å². The maximum Gasteiger partial charge on any atom is 0.237 e. The Balaban J connectivity index is 1.81. The molecule has 0 spiro atoms. The van der Waals surface area contributed by atoms with E-state index >= 15 is 0 Å². The van der Waals surface area contributed by atoms with Crippen LogP contribution in [-0.2, 0) is 4.79 Å². The SMILES string of the molecule is CCC1CCCC(NC(=O)C2NCCC2C)C1. The Morgan fingerprint density at radius 3 is 2.82 bits per heavy atom. The maximum atomic E-state index is 12.1. The first kappa shape index (κ1) is 12.9. The third kappa shape index (κ3) is 3.21. The van der Waals surface area contributed by atoms with Gasteiger partial charge in [-0.15, -0.1) is 0 Å². The van der Waals surface area contributed by atoms with Crippen molar-refractivity contribution in [2.75, 3.05) is 6.54 Å². The van der Waals surface area contributed by atoms with Gasteiger partial charge in [-0.1, -0.05) is 33.1 Å². The first-order valence-corrected chi connectivity index (χ1v) is 7.24. The van der Waals surface area contributed by atoms with E-state index in [1.807, 2.05) is 0 Å². The Labute approximate surface area is 105 Å². The quantitative estimate of drug-likeness (QED) is 0.790. The van der Waals surface area contributed by atoms with E-state index in [0.717, 1.165) is 18.9 Å². The smallest absolute Gasteiger partial charge is 0.237 e. The van der Waals surface area contributed by atoms with E-state index in [1.165, 1.54) is 32.1 Å². The van der Waals surface area contributed by atoms with Crippen LogP contribution in [0.4, 0.5) is 0 Å². The fourth-order valence-electron chi connectivity index (χ4n) is 3.27. The lowest BCUT2D eigenvalue weighted by atomic mass is 9.84. The second-order valence-corrected chi connectivity index (χ2v) is 5.84. The molecular weight excluding hydrogens is 212 g/mol. The highest BCUT2D eigenvalue weighted by Gasteiger charge is 2.31. The molecule has 1 saturated heterocycles. The van der Waals surface area contributed by atoms with E-state index in [4.69, 9.17) is 0 Å². The second-order valence-electron chi connectivity index (χ2n) is 5.84. The number of rotatable bonds is 3. The molecule has 3 nitrogen and oxygen atoms in total. The molecule has 0 aromatic heterocycles. The minimum atomic E-state index is 0.0528. The molecule has 0 radical (unpaired) electrons. The van der Waals surface area contributed by atoms with Crippen molar-refractivity contribution < 1.29 is 4.79 Å². The van der Waals surface area contributed by atoms with Crippen molar-refractivity contribution in [2.24, 2.45) is 11.8 Å². The van der Waals surface area contributed by atoms with Crippen molar-refractivity contribution in [1.82, 2.24) is 10.6 Å². The number of carbonyl (C=O) groups excluding carboxylic acids is 1. The lowest BCUT2D eigenvalue weighted by Gasteiger charge is -2.30. The van der Waals surface area contributed by atoms with Gasteiger partial charge in [0.15, 0.2) is 0 Å². The fraction of sp³-hybridized carbons (Fsp3) is 0.929. The Morgan fingerprint density at radius 1 is 1.35 bits per heavy atom. The average molecular weight is 238 g/mol. The normalized spacial score (nSPS) is 38.0. The Kier molecular flexibility index (Phi) is 4.43. The first-order chi connectivity index (χ1) is 8.20. The molecule has 17 heavy (non-hydrogen) atoms. The van der Waals surface area contributed by atoms with E-state index in [1.54, 1.807) is 0 Å². The summed E-state index contributed by atoms with van der Waals surface area (Å²) in [7, 11) is 0. The van der Waals surface area contributed by atoms with Crippen molar-refractivity contribution in [3.05, 3.63) is 0 Å². The number of amides is 1. The van der Waals surface area contributed by atoms with Crippen LogP contribution in [0.15, 0.2) is 0 Å². The van der Waals surface area contributed by atoms with Crippen molar-refractivity contribution in [3.8, 4) is 0 Å². The summed E-state index contributed by atoms with van der Waals surface area (Å²) >= 11 is 0. The summed E-state index contributed by atoms with van der Waals surface area (Å²) in [6.45, 7) is 5.41. The van der Waals surface area contributed by atoms with Crippen LogP contribution in [0.25, 0.3) is 0 Å². The Hall–Kier alpha value is -0.570. The van der Waals surface area contributed by atoms with Crippen molar-refractivity contribution >= 4 is 5.91 Å². The molecule has 0 aromatic rings. The van der Waals surface area contributed by atoms with E-state index in [2.05, 4.69) is 24.5 Å². The molecule has 1 saturated carbocycles. The van der Waals surface area contributed by atoms with Gasteiger partial charge < -0.3 is 10.6 Å². The zero-order valence-electron chi connectivity index (χ0n) is 11.2. The largest absolute Gasteiger partial charge is 0.352 e. The van der Waals surface area contributed by atoms with Crippen LogP contribution < -0.4 is 10.6 Å². The highest BCUT2D eigenvalue weighted by atomic mass is 16.2. The minimum absolute atomic E-state index is 0.0528. The van der Waals surface area contributed by atoms with Crippen LogP contribution in [0, 0.1) is 11.8 Å². The fourth-order valence-corrected chi connectivity index (χ4v) is 3.27. The summed E-state index contributed by atoms with van der Waals surface area (Å²) in [6.07, 6.45) is 7.36. The van der Waals surface area contributed by atoms with Crippen molar-refractivity contribution in [1.29, 1.82) is 0 Å². The van der Waals surface area contributed by atoms with Gasteiger partial charge in [0, 0.05) is 6.04 Å². The summed E-state index contributed by atoms with van der Waals surface area (Å²) in [6, 6.07) is 0.479. The molecule has 1 heterocycles. The third-order valence-electron chi connectivity index (χ3n) is 4.52. The molecule has 2 aliphatic rings. The summed E-state index contributed by atoms with van der Waals surface area (Å²) in [5, 5.41) is 6.56. The number of hydrogen-bond acceptors (Lipinski definition) is 2. The highest BCUT2D eigenvalue weighted by molar-refractivity contribution is 5.82. The van der Waals surface area contributed by atoms with E-state index in [-0.39, 0.29) is 11.9 Å². The van der Waals surface area contributed by atoms with Gasteiger partial charge >= 0.3 is 0 Å². The second kappa shape index (κ2) is 5.85. The summed E-state index contributed by atoms with van der Waals surface area (Å²) in [5.74, 6) is 1.54. The molecule has 0 aromatic carbocycles. The van der Waals surface area contributed by atoms with Crippen LogP contribution in [0.2, 0.25) is 0 Å². The topological polar surface area (TPSA) is 41.1 Å². The lowest BCUT2D eigenvalue weighted by Crippen LogP contribution is -2.48. The molecule has 3 heteroatoms. The molecule has 98 valence electrons. The molecular formula is C14H26N2O. The number of nitrogens with one attached hydrogen (secondary N) is 2. The molecule has 1 aliphatic carbocycles. The van der Waals surface area contributed by atoms with Crippen molar-refractivity contribution in [3.63, 3.8) is 0 Å². The lowest BCUT2D eigenvalue weighted by molar-refractivity contribution is -0.124. The molecule has 0 bridgehead atoms. The monoisotopic (exact) mass is 238 g/mol. The zero-order chi connectivity index (χ0) is 12.3. The zero-order valence-corrected chi connectivity index (χ0v) is 11.2. The van der Waals surface area contributed by atoms with Gasteiger partial charge in [0.05, 0.1) is 6.04 Å². The van der Waals surface area contributed by atoms with Gasteiger partial charge in [-0.05, 0) is 37.6 Å². The maximum absolute atomic E-state index is 12.1. The summed E-state index contributed by atoms with van der Waals surface area (Å²) < 4.78 is 0. The standard InChI is InChI=1S/C14H26N2O/c1-3-11-5-4-6-12(9-11)16-14(17)13-10(2)7-8-15-13/h10-13,15H,3-9H2,1-2H3,(H,16,17). The molecule has 1 aliphatic heterocycles. The number of hydrogen-bond donors (Lipinski definition) is 2. The predicted molar refractivity (Wildman–Crippen MR) is 69.8 cm³/mol. The van der Waals surface area contributed by atoms with Gasteiger partial charge in [-0.2, -0.15) is 0 Å². The van der Waals surface area contributed by atoms with Crippen LogP contribution in [0.3, 0.4) is 0 Å². The third-order valence-corrected chi connectivity index (χ3v) is 4.52. The van der Waals surface area contributed by atoms with Gasteiger partial charge in [0.2, 0.25) is 5.91 Å². The first-order valence-electron chi connectivity index (χ1n) is 7.24. The van der Waals surface area contributed by atoms with Crippen LogP contribution in [0.1, 0.15) is 52.4 Å². The molecule has 1 amide bonds. The molecule has 4 atom stereocenters. The summed E-state index contributed by atoms with van der Waals surface area (Å²) in [5.41, 5.74) is 0.